The fourth-order valence-electron chi connectivity index (χ4n) is 4.59. The molecule has 1 aliphatic rings. The van der Waals surface area contributed by atoms with E-state index in [2.05, 4.69) is 5.32 Å². The highest BCUT2D eigenvalue weighted by molar-refractivity contribution is 5.98. The largest absolute Gasteiger partial charge is 0.493 e. The van der Waals surface area contributed by atoms with Crippen molar-refractivity contribution in [3.05, 3.63) is 65.4 Å². The molecule has 2 N–H and O–H groups in total. The van der Waals surface area contributed by atoms with Crippen molar-refractivity contribution >= 4 is 17.3 Å². The Balaban J connectivity index is 2.24. The molecule has 0 unspecified atom stereocenters. The topological polar surface area (TPSA) is 84.9 Å². The quantitative estimate of drug-likeness (QED) is 0.697. The lowest BCUT2D eigenvalue weighted by Gasteiger charge is -2.43. The lowest BCUT2D eigenvalue weighted by Crippen LogP contribution is -2.48. The summed E-state index contributed by atoms with van der Waals surface area (Å²) in [5, 5.41) is 14.7. The molecule has 3 atom stereocenters. The highest BCUT2D eigenvalue weighted by atomic mass is 16.5. The van der Waals surface area contributed by atoms with Gasteiger partial charge in [0.25, 0.3) is 0 Å². The van der Waals surface area contributed by atoms with Gasteiger partial charge in [-0.15, -0.1) is 0 Å². The number of hydrogen-bond donors (Lipinski definition) is 2. The second-order valence-electron chi connectivity index (χ2n) is 8.15. The number of rotatable bonds is 7. The van der Waals surface area contributed by atoms with Gasteiger partial charge in [-0.05, 0) is 50.6 Å². The van der Waals surface area contributed by atoms with Gasteiger partial charge < -0.3 is 19.9 Å². The highest BCUT2D eigenvalue weighted by Crippen LogP contribution is 2.48. The summed E-state index contributed by atoms with van der Waals surface area (Å²) in [7, 11) is 3.08. The molecular formula is C25H29NO5. The predicted octanol–water partition coefficient (Wildman–Crippen LogP) is 4.10. The van der Waals surface area contributed by atoms with Crippen LogP contribution >= 0.6 is 0 Å². The second kappa shape index (κ2) is 8.94. The zero-order valence-corrected chi connectivity index (χ0v) is 18.6. The lowest BCUT2D eigenvalue weighted by atomic mass is 9.64. The molecule has 0 amide bonds. The van der Waals surface area contributed by atoms with Gasteiger partial charge in [0.15, 0.2) is 17.3 Å². The van der Waals surface area contributed by atoms with E-state index in [0.29, 0.717) is 28.3 Å². The summed E-state index contributed by atoms with van der Waals surface area (Å²) in [6.07, 6.45) is 0.158. The summed E-state index contributed by atoms with van der Waals surface area (Å²) in [5.41, 5.74) is 1.26. The summed E-state index contributed by atoms with van der Waals surface area (Å²) in [4.78, 5) is 25.6. The van der Waals surface area contributed by atoms with Crippen molar-refractivity contribution in [2.45, 2.75) is 38.7 Å². The van der Waals surface area contributed by atoms with Crippen LogP contribution in [0.15, 0.2) is 59.8 Å². The maximum Gasteiger partial charge on any atom is 0.161 e. The summed E-state index contributed by atoms with van der Waals surface area (Å²) in [6.45, 7) is 4.60. The zero-order valence-electron chi connectivity index (χ0n) is 18.6. The molecule has 0 aromatic heterocycles. The molecule has 0 heterocycles. The van der Waals surface area contributed by atoms with Crippen LogP contribution in [0.3, 0.4) is 0 Å². The number of carbonyl (C=O) groups is 2. The molecule has 3 rings (SSSR count). The molecule has 0 radical (unpaired) electrons. The van der Waals surface area contributed by atoms with Crippen LogP contribution in [0, 0.1) is 5.92 Å². The van der Waals surface area contributed by atoms with E-state index >= 15 is 0 Å². The fourth-order valence-corrected chi connectivity index (χ4v) is 4.59. The van der Waals surface area contributed by atoms with E-state index < -0.39 is 17.4 Å². The number of benzene rings is 2. The van der Waals surface area contributed by atoms with Crippen molar-refractivity contribution in [3.63, 3.8) is 0 Å². The number of nitrogens with one attached hydrogen (secondary N) is 1. The third-order valence-corrected chi connectivity index (χ3v) is 5.83. The Hall–Kier alpha value is -3.12. The normalized spacial score (nSPS) is 23.3. The molecule has 0 saturated carbocycles. The number of methoxy groups -OCH3 is 2. The first-order valence-electron chi connectivity index (χ1n) is 10.2. The Morgan fingerprint density at radius 2 is 1.68 bits per heavy atom. The summed E-state index contributed by atoms with van der Waals surface area (Å²) < 4.78 is 10.8. The maximum atomic E-state index is 12.9. The number of anilines is 1. The van der Waals surface area contributed by atoms with E-state index in [1.807, 2.05) is 36.4 Å². The minimum Gasteiger partial charge on any atom is -0.493 e. The van der Waals surface area contributed by atoms with Gasteiger partial charge in [-0.25, -0.2) is 0 Å². The summed E-state index contributed by atoms with van der Waals surface area (Å²) in [5.74, 6) is -0.713. The van der Waals surface area contributed by atoms with E-state index in [-0.39, 0.29) is 18.0 Å². The van der Waals surface area contributed by atoms with Crippen LogP contribution < -0.4 is 14.8 Å². The first kappa shape index (κ1) is 22.6. The van der Waals surface area contributed by atoms with Gasteiger partial charge in [-0.1, -0.05) is 24.3 Å². The smallest absolute Gasteiger partial charge is 0.161 e. The van der Waals surface area contributed by atoms with E-state index in [1.54, 1.807) is 26.2 Å². The van der Waals surface area contributed by atoms with Crippen molar-refractivity contribution in [1.82, 2.24) is 0 Å². The van der Waals surface area contributed by atoms with Crippen LogP contribution in [0.4, 0.5) is 5.69 Å². The van der Waals surface area contributed by atoms with Crippen molar-refractivity contribution in [1.29, 1.82) is 0 Å². The van der Waals surface area contributed by atoms with Crippen LogP contribution in [0.1, 0.15) is 38.7 Å². The predicted molar refractivity (Wildman–Crippen MR) is 119 cm³/mol. The van der Waals surface area contributed by atoms with Crippen molar-refractivity contribution in [3.8, 4) is 11.5 Å². The Morgan fingerprint density at radius 1 is 1.03 bits per heavy atom. The molecule has 1 aliphatic carbocycles. The Labute approximate surface area is 182 Å². The third kappa shape index (κ3) is 4.49. The average molecular weight is 424 g/mol. The number of Topliss-reactive ketones (excluding diaryl/α,β-unsaturated/α-hetero) is 2. The SMILES string of the molecule is COc1ccc([C@@H]2C(C(C)=O)=C(Nc3ccccc3)C[C@](C)(O)[C@H]2C(C)=O)cc1OC. The van der Waals surface area contributed by atoms with Crippen LogP contribution in [0.25, 0.3) is 0 Å². The Bertz CT molecular complexity index is 1010. The van der Waals surface area contributed by atoms with Gasteiger partial charge in [0.05, 0.1) is 25.7 Å². The zero-order chi connectivity index (χ0) is 22.8. The van der Waals surface area contributed by atoms with Crippen LogP contribution in [0.5, 0.6) is 11.5 Å². The van der Waals surface area contributed by atoms with Crippen molar-refractivity contribution < 1.29 is 24.2 Å². The molecule has 6 nitrogen and oxygen atoms in total. The van der Waals surface area contributed by atoms with Gasteiger partial charge in [-0.2, -0.15) is 0 Å². The van der Waals surface area contributed by atoms with Gasteiger partial charge in [0.1, 0.15) is 5.78 Å². The third-order valence-electron chi connectivity index (χ3n) is 5.83. The molecule has 0 saturated heterocycles. The molecule has 0 fully saturated rings. The van der Waals surface area contributed by atoms with E-state index in [0.717, 1.165) is 5.69 Å². The molecule has 0 aliphatic heterocycles. The van der Waals surface area contributed by atoms with Crippen LogP contribution in [-0.4, -0.2) is 36.5 Å². The monoisotopic (exact) mass is 423 g/mol. The van der Waals surface area contributed by atoms with Gasteiger partial charge in [-0.3, -0.25) is 9.59 Å². The number of aliphatic hydroxyl groups is 1. The standard InChI is InChI=1S/C25H29NO5/c1-15(27)22-19(26-18-9-7-6-8-10-18)14-25(3,29)24(16(2)28)23(22)17-11-12-20(30-4)21(13-17)31-5/h6-13,23-24,26,29H,14H2,1-5H3/t23-,24+,25+/m1/s1. The van der Waals surface area contributed by atoms with Crippen LogP contribution in [-0.2, 0) is 9.59 Å². The molecular weight excluding hydrogens is 394 g/mol. The summed E-state index contributed by atoms with van der Waals surface area (Å²) >= 11 is 0. The molecule has 2 aromatic rings. The first-order valence-corrected chi connectivity index (χ1v) is 10.2. The molecule has 164 valence electrons. The second-order valence-corrected chi connectivity index (χ2v) is 8.15. The number of ketones is 2. The van der Waals surface area contributed by atoms with E-state index in [9.17, 15) is 14.7 Å². The lowest BCUT2D eigenvalue weighted by molar-refractivity contribution is -0.131. The molecule has 6 heteroatoms. The molecule has 0 bridgehead atoms. The Kier molecular flexibility index (Phi) is 6.51. The number of hydrogen-bond acceptors (Lipinski definition) is 6. The number of para-hydroxylation sites is 1. The highest BCUT2D eigenvalue weighted by Gasteiger charge is 2.49. The molecule has 2 aromatic carbocycles. The minimum atomic E-state index is -1.35. The number of carbonyl (C=O) groups excluding carboxylic acids is 2. The first-order chi connectivity index (χ1) is 14.7. The number of ether oxygens (including phenoxy) is 2. The maximum absolute atomic E-state index is 12.9. The van der Waals surface area contributed by atoms with Crippen LogP contribution in [0.2, 0.25) is 0 Å². The molecule has 31 heavy (non-hydrogen) atoms. The fraction of sp³-hybridized carbons (Fsp3) is 0.360. The van der Waals surface area contributed by atoms with Gasteiger partial charge in [0, 0.05) is 29.3 Å². The van der Waals surface area contributed by atoms with Crippen molar-refractivity contribution in [2.75, 3.05) is 19.5 Å². The summed E-state index contributed by atoms with van der Waals surface area (Å²) in [6, 6.07) is 14.8. The van der Waals surface area contributed by atoms with Crippen molar-refractivity contribution in [2.24, 2.45) is 5.92 Å². The Morgan fingerprint density at radius 3 is 2.23 bits per heavy atom. The molecule has 0 spiro atoms. The van der Waals surface area contributed by atoms with E-state index in [1.165, 1.54) is 21.0 Å². The van der Waals surface area contributed by atoms with E-state index in [4.69, 9.17) is 9.47 Å². The van der Waals surface area contributed by atoms with Gasteiger partial charge >= 0.3 is 0 Å². The van der Waals surface area contributed by atoms with Gasteiger partial charge in [0.2, 0.25) is 0 Å². The number of allylic oxidation sites excluding steroid dienone is 1. The average Bonchev–Trinajstić information content (AvgIpc) is 2.72. The minimum absolute atomic E-state index is 0.153.